The van der Waals surface area contributed by atoms with Crippen LogP contribution in [0.4, 0.5) is 18.9 Å². The molecule has 0 saturated heterocycles. The Kier molecular flexibility index (Phi) is 4.96. The molecule has 0 atom stereocenters. The van der Waals surface area contributed by atoms with Crippen LogP contribution in [-0.2, 0) is 4.79 Å². The number of hydrogen-bond donors (Lipinski definition) is 2. The number of carbonyl (C=O) groups is 1. The molecule has 0 heterocycles. The van der Waals surface area contributed by atoms with E-state index in [0.29, 0.717) is 19.4 Å². The van der Waals surface area contributed by atoms with Gasteiger partial charge >= 0.3 is 0 Å². The molecule has 0 fully saturated rings. The van der Waals surface area contributed by atoms with Gasteiger partial charge in [0.15, 0.2) is 17.5 Å². The van der Waals surface area contributed by atoms with Crippen molar-refractivity contribution in [3.63, 3.8) is 0 Å². The first kappa shape index (κ1) is 13.5. The Morgan fingerprint density at radius 2 is 1.76 bits per heavy atom. The molecule has 0 aliphatic carbocycles. The molecule has 0 radical (unpaired) electrons. The number of anilines is 1. The van der Waals surface area contributed by atoms with E-state index in [1.807, 2.05) is 0 Å². The summed E-state index contributed by atoms with van der Waals surface area (Å²) >= 11 is 0. The predicted molar refractivity (Wildman–Crippen MR) is 57.9 cm³/mol. The van der Waals surface area contributed by atoms with Crippen molar-refractivity contribution in [2.24, 2.45) is 5.73 Å². The molecular weight excluding hydrogens is 233 g/mol. The van der Waals surface area contributed by atoms with Crippen LogP contribution in [0.15, 0.2) is 12.1 Å². The molecular formula is C11H13F3N2O. The second kappa shape index (κ2) is 6.24. The molecule has 1 rings (SSSR count). The first-order valence-corrected chi connectivity index (χ1v) is 5.19. The van der Waals surface area contributed by atoms with Crippen LogP contribution >= 0.6 is 0 Å². The molecule has 0 aliphatic heterocycles. The van der Waals surface area contributed by atoms with E-state index in [1.54, 1.807) is 0 Å². The summed E-state index contributed by atoms with van der Waals surface area (Å²) in [6.07, 6.45) is 1.49. The monoisotopic (exact) mass is 246 g/mol. The maximum absolute atomic E-state index is 12.8. The molecule has 1 aromatic rings. The lowest BCUT2D eigenvalue weighted by Crippen LogP contribution is -2.12. The van der Waals surface area contributed by atoms with Crippen LogP contribution in [0, 0.1) is 17.5 Å². The number of nitrogens with one attached hydrogen (secondary N) is 1. The fourth-order valence-corrected chi connectivity index (χ4v) is 1.28. The van der Waals surface area contributed by atoms with Crippen LogP contribution in [0.25, 0.3) is 0 Å². The molecule has 6 heteroatoms. The number of carbonyl (C=O) groups excluding carboxylic acids is 1. The summed E-state index contributed by atoms with van der Waals surface area (Å²) < 4.78 is 38.2. The van der Waals surface area contributed by atoms with Gasteiger partial charge in [0.1, 0.15) is 0 Å². The molecule has 0 unspecified atom stereocenters. The molecule has 0 saturated carbocycles. The van der Waals surface area contributed by atoms with E-state index in [1.165, 1.54) is 0 Å². The highest BCUT2D eigenvalue weighted by atomic mass is 19.2. The predicted octanol–water partition coefficient (Wildman–Crippen LogP) is 2.17. The summed E-state index contributed by atoms with van der Waals surface area (Å²) in [4.78, 5) is 11.3. The number of halogens is 3. The smallest absolute Gasteiger partial charge is 0.224 e. The third-order valence-electron chi connectivity index (χ3n) is 2.13. The number of rotatable bonds is 5. The second-order valence-electron chi connectivity index (χ2n) is 3.55. The van der Waals surface area contributed by atoms with E-state index >= 15 is 0 Å². The molecule has 17 heavy (non-hydrogen) atoms. The standard InChI is InChI=1S/C11H13F3N2O/c12-8-5-7(6-9(13)11(8)14)16-10(17)3-1-2-4-15/h5-6H,1-4,15H2,(H,16,17). The highest BCUT2D eigenvalue weighted by molar-refractivity contribution is 5.90. The SMILES string of the molecule is NCCCCC(=O)Nc1cc(F)c(F)c(F)c1. The maximum Gasteiger partial charge on any atom is 0.224 e. The van der Waals surface area contributed by atoms with E-state index in [0.717, 1.165) is 12.1 Å². The summed E-state index contributed by atoms with van der Waals surface area (Å²) in [5.41, 5.74) is 5.15. The van der Waals surface area contributed by atoms with E-state index in [4.69, 9.17) is 5.73 Å². The highest BCUT2D eigenvalue weighted by Crippen LogP contribution is 2.17. The Balaban J connectivity index is 2.60. The van der Waals surface area contributed by atoms with Crippen molar-refractivity contribution < 1.29 is 18.0 Å². The number of nitrogens with two attached hydrogens (primary N) is 1. The molecule has 3 N–H and O–H groups in total. The Hall–Kier alpha value is -1.56. The normalized spacial score (nSPS) is 10.4. The molecule has 0 spiro atoms. The van der Waals surface area contributed by atoms with Gasteiger partial charge in [-0.15, -0.1) is 0 Å². The molecule has 0 aromatic heterocycles. The third kappa shape index (κ3) is 4.07. The van der Waals surface area contributed by atoms with E-state index in [9.17, 15) is 18.0 Å². The van der Waals surface area contributed by atoms with E-state index in [-0.39, 0.29) is 18.0 Å². The highest BCUT2D eigenvalue weighted by Gasteiger charge is 2.11. The zero-order valence-corrected chi connectivity index (χ0v) is 9.10. The van der Waals surface area contributed by atoms with E-state index < -0.39 is 17.5 Å². The quantitative estimate of drug-likeness (QED) is 0.618. The van der Waals surface area contributed by atoms with Gasteiger partial charge in [0.2, 0.25) is 5.91 Å². The lowest BCUT2D eigenvalue weighted by atomic mass is 10.2. The van der Waals surface area contributed by atoms with Gasteiger partial charge in [0, 0.05) is 24.2 Å². The van der Waals surface area contributed by atoms with Crippen LogP contribution in [0.2, 0.25) is 0 Å². The molecule has 0 aliphatic rings. The van der Waals surface area contributed by atoms with Crippen LogP contribution < -0.4 is 11.1 Å². The Morgan fingerprint density at radius 1 is 1.18 bits per heavy atom. The minimum absolute atomic E-state index is 0.0980. The summed E-state index contributed by atoms with van der Waals surface area (Å²) in [5.74, 6) is -4.60. The zero-order valence-electron chi connectivity index (χ0n) is 9.10. The van der Waals surface area contributed by atoms with Gasteiger partial charge in [-0.05, 0) is 19.4 Å². The average molecular weight is 246 g/mol. The fraction of sp³-hybridized carbons (Fsp3) is 0.364. The Bertz CT molecular complexity index is 387. The Morgan fingerprint density at radius 3 is 2.29 bits per heavy atom. The van der Waals surface area contributed by atoms with Gasteiger partial charge in [-0.1, -0.05) is 0 Å². The molecule has 94 valence electrons. The summed E-state index contributed by atoms with van der Waals surface area (Å²) in [7, 11) is 0. The summed E-state index contributed by atoms with van der Waals surface area (Å²) in [5, 5.41) is 2.28. The fourth-order valence-electron chi connectivity index (χ4n) is 1.28. The minimum Gasteiger partial charge on any atom is -0.330 e. The largest absolute Gasteiger partial charge is 0.330 e. The number of benzene rings is 1. The Labute approximate surface area is 96.8 Å². The van der Waals surface area contributed by atoms with Crippen LogP contribution in [0.5, 0.6) is 0 Å². The van der Waals surface area contributed by atoms with Gasteiger partial charge in [0.25, 0.3) is 0 Å². The average Bonchev–Trinajstić information content (AvgIpc) is 2.26. The molecule has 0 bridgehead atoms. The van der Waals surface area contributed by atoms with Crippen molar-refractivity contribution in [1.29, 1.82) is 0 Å². The first-order chi connectivity index (χ1) is 8.04. The summed E-state index contributed by atoms with van der Waals surface area (Å²) in [6, 6.07) is 1.47. The lowest BCUT2D eigenvalue weighted by molar-refractivity contribution is -0.116. The number of hydrogen-bond acceptors (Lipinski definition) is 2. The number of amides is 1. The van der Waals surface area contributed by atoms with Crippen LogP contribution in [0.3, 0.4) is 0 Å². The molecule has 1 aromatic carbocycles. The van der Waals surface area contributed by atoms with Crippen molar-refractivity contribution >= 4 is 11.6 Å². The van der Waals surface area contributed by atoms with Crippen molar-refractivity contribution in [3.05, 3.63) is 29.6 Å². The van der Waals surface area contributed by atoms with E-state index in [2.05, 4.69) is 5.32 Å². The minimum atomic E-state index is -1.55. The van der Waals surface area contributed by atoms with Crippen LogP contribution in [0.1, 0.15) is 19.3 Å². The lowest BCUT2D eigenvalue weighted by Gasteiger charge is -2.06. The topological polar surface area (TPSA) is 55.1 Å². The van der Waals surface area contributed by atoms with Crippen LogP contribution in [-0.4, -0.2) is 12.5 Å². The third-order valence-corrected chi connectivity index (χ3v) is 2.13. The first-order valence-electron chi connectivity index (χ1n) is 5.19. The van der Waals surface area contributed by atoms with Gasteiger partial charge in [-0.2, -0.15) is 0 Å². The van der Waals surface area contributed by atoms with Gasteiger partial charge in [-0.3, -0.25) is 4.79 Å². The van der Waals surface area contributed by atoms with Gasteiger partial charge in [0.05, 0.1) is 0 Å². The van der Waals surface area contributed by atoms with Gasteiger partial charge in [-0.25, -0.2) is 13.2 Å². The summed E-state index contributed by atoms with van der Waals surface area (Å²) in [6.45, 7) is 0.479. The second-order valence-corrected chi connectivity index (χ2v) is 3.55. The zero-order chi connectivity index (χ0) is 12.8. The van der Waals surface area contributed by atoms with Crippen molar-refractivity contribution in [2.75, 3.05) is 11.9 Å². The van der Waals surface area contributed by atoms with Crippen molar-refractivity contribution in [3.8, 4) is 0 Å². The maximum atomic E-state index is 12.8. The molecule has 1 amide bonds. The van der Waals surface area contributed by atoms with Crippen molar-refractivity contribution in [2.45, 2.75) is 19.3 Å². The molecule has 3 nitrogen and oxygen atoms in total. The number of unbranched alkanes of at least 4 members (excludes halogenated alkanes) is 1. The van der Waals surface area contributed by atoms with Crippen molar-refractivity contribution in [1.82, 2.24) is 0 Å². The van der Waals surface area contributed by atoms with Gasteiger partial charge < -0.3 is 11.1 Å².